The Hall–Kier alpha value is -2.93. The lowest BCUT2D eigenvalue weighted by molar-refractivity contribution is 0.0963. The van der Waals surface area contributed by atoms with Gasteiger partial charge >= 0.3 is 0 Å². The van der Waals surface area contributed by atoms with E-state index in [1.165, 1.54) is 0 Å². The molecular weight excluding hydrogens is 384 g/mol. The van der Waals surface area contributed by atoms with Crippen LogP contribution in [0, 0.1) is 0 Å². The first kappa shape index (κ1) is 19.4. The maximum absolute atomic E-state index is 12.2. The second kappa shape index (κ2) is 8.61. The third kappa shape index (κ3) is 3.96. The van der Waals surface area contributed by atoms with Gasteiger partial charge in [-0.05, 0) is 37.1 Å². The lowest BCUT2D eigenvalue weighted by atomic mass is 9.97. The van der Waals surface area contributed by atoms with Gasteiger partial charge in [-0.25, -0.2) is 9.97 Å². The summed E-state index contributed by atoms with van der Waals surface area (Å²) in [7, 11) is 3.33. The molecule has 150 valence electrons. The number of rotatable bonds is 5. The van der Waals surface area contributed by atoms with Gasteiger partial charge in [-0.3, -0.25) is 4.79 Å². The molecule has 1 saturated heterocycles. The van der Waals surface area contributed by atoms with Crippen molar-refractivity contribution in [2.75, 3.05) is 32.1 Å². The summed E-state index contributed by atoms with van der Waals surface area (Å²) in [5, 5.41) is 5.98. The zero-order chi connectivity index (χ0) is 20.2. The number of ether oxygens (including phenoxy) is 1. The van der Waals surface area contributed by atoms with E-state index in [2.05, 4.69) is 20.6 Å². The van der Waals surface area contributed by atoms with Gasteiger partial charge in [0.25, 0.3) is 5.91 Å². The van der Waals surface area contributed by atoms with Crippen molar-refractivity contribution in [1.29, 1.82) is 0 Å². The topological polar surface area (TPSA) is 67.4 Å². The Balaban J connectivity index is 1.48. The van der Waals surface area contributed by atoms with Crippen molar-refractivity contribution in [3.8, 4) is 17.0 Å². The highest BCUT2D eigenvalue weighted by molar-refractivity contribution is 7.10. The number of piperidine rings is 1. The van der Waals surface area contributed by atoms with Crippen molar-refractivity contribution < 1.29 is 9.53 Å². The van der Waals surface area contributed by atoms with Gasteiger partial charge in [0.2, 0.25) is 0 Å². The molecule has 1 aromatic carbocycles. The number of hydrogen-bond donors (Lipinski definition) is 1. The second-order valence-corrected chi connectivity index (χ2v) is 7.88. The molecule has 1 amide bonds. The number of hydrogen-bond acceptors (Lipinski definition) is 6. The summed E-state index contributed by atoms with van der Waals surface area (Å²) >= 11 is 1.71. The Bertz CT molecular complexity index is 996. The van der Waals surface area contributed by atoms with Crippen LogP contribution in [0.15, 0.2) is 48.0 Å². The molecule has 0 unspecified atom stereocenters. The number of aromatic nitrogens is 2. The van der Waals surface area contributed by atoms with Crippen LogP contribution in [0.4, 0.5) is 5.82 Å². The Kier molecular flexibility index (Phi) is 5.76. The number of carbonyl (C=O) groups is 1. The van der Waals surface area contributed by atoms with Crippen LogP contribution in [0.5, 0.6) is 5.75 Å². The van der Waals surface area contributed by atoms with E-state index in [0.29, 0.717) is 11.5 Å². The zero-order valence-corrected chi connectivity index (χ0v) is 17.4. The molecule has 0 saturated carbocycles. The molecule has 1 N–H and O–H groups in total. The van der Waals surface area contributed by atoms with Crippen LogP contribution >= 0.6 is 11.3 Å². The molecule has 7 heteroatoms. The van der Waals surface area contributed by atoms with Crippen LogP contribution < -0.4 is 15.0 Å². The monoisotopic (exact) mass is 408 g/mol. The molecule has 6 nitrogen and oxygen atoms in total. The molecule has 1 fully saturated rings. The number of para-hydroxylation sites is 1. The number of methoxy groups -OCH3 is 1. The standard InChI is InChI=1S/C22H24N4O2S/c1-23-21(27)17-7-5-11-24-20(17)26-12-9-15(10-13-26)22-25-18(14-29-22)16-6-3-4-8-19(16)28-2/h3-8,11,14-15H,9-10,12-13H2,1-2H3,(H,23,27). The molecule has 29 heavy (non-hydrogen) atoms. The normalized spacial score (nSPS) is 14.6. The van der Waals surface area contributed by atoms with Crippen molar-refractivity contribution in [2.45, 2.75) is 18.8 Å². The summed E-state index contributed by atoms with van der Waals surface area (Å²) < 4.78 is 5.48. The van der Waals surface area contributed by atoms with Crippen LogP contribution in [-0.4, -0.2) is 43.1 Å². The van der Waals surface area contributed by atoms with Crippen molar-refractivity contribution in [3.05, 3.63) is 58.5 Å². The third-order valence-corrected chi connectivity index (χ3v) is 6.31. The molecular formula is C22H24N4O2S. The van der Waals surface area contributed by atoms with Crippen molar-refractivity contribution in [1.82, 2.24) is 15.3 Å². The maximum atomic E-state index is 12.2. The van der Waals surface area contributed by atoms with E-state index in [0.717, 1.165) is 53.8 Å². The van der Waals surface area contributed by atoms with Gasteiger partial charge < -0.3 is 15.0 Å². The molecule has 1 aliphatic rings. The van der Waals surface area contributed by atoms with Crippen LogP contribution in [0.25, 0.3) is 11.3 Å². The summed E-state index contributed by atoms with van der Waals surface area (Å²) in [4.78, 5) is 23.7. The van der Waals surface area contributed by atoms with Crippen LogP contribution in [0.1, 0.15) is 34.1 Å². The second-order valence-electron chi connectivity index (χ2n) is 6.99. The van der Waals surface area contributed by atoms with Crippen molar-refractivity contribution >= 4 is 23.1 Å². The zero-order valence-electron chi connectivity index (χ0n) is 16.6. The predicted octanol–water partition coefficient (Wildman–Crippen LogP) is 3.96. The predicted molar refractivity (Wildman–Crippen MR) is 116 cm³/mol. The molecule has 4 rings (SSSR count). The van der Waals surface area contributed by atoms with Crippen LogP contribution in [0.3, 0.4) is 0 Å². The summed E-state index contributed by atoms with van der Waals surface area (Å²) in [5.74, 6) is 1.93. The van der Waals surface area contributed by atoms with Gasteiger partial charge in [0.15, 0.2) is 0 Å². The summed E-state index contributed by atoms with van der Waals surface area (Å²) in [5.41, 5.74) is 2.62. The number of pyridine rings is 1. The molecule has 0 aliphatic carbocycles. The highest BCUT2D eigenvalue weighted by Crippen LogP contribution is 2.36. The first-order valence-electron chi connectivity index (χ1n) is 9.72. The van der Waals surface area contributed by atoms with Gasteiger partial charge in [-0.15, -0.1) is 11.3 Å². The Morgan fingerprint density at radius 2 is 2.00 bits per heavy atom. The smallest absolute Gasteiger partial charge is 0.254 e. The largest absolute Gasteiger partial charge is 0.496 e. The molecule has 2 aromatic heterocycles. The van der Waals surface area contributed by atoms with E-state index in [-0.39, 0.29) is 5.91 Å². The van der Waals surface area contributed by atoms with E-state index in [9.17, 15) is 4.79 Å². The quantitative estimate of drug-likeness (QED) is 0.692. The Labute approximate surface area is 174 Å². The number of nitrogens with one attached hydrogen (secondary N) is 1. The molecule has 3 heterocycles. The minimum Gasteiger partial charge on any atom is -0.496 e. The molecule has 0 bridgehead atoms. The number of carbonyl (C=O) groups excluding carboxylic acids is 1. The minimum absolute atomic E-state index is 0.100. The number of amides is 1. The fraction of sp³-hybridized carbons (Fsp3) is 0.318. The fourth-order valence-electron chi connectivity index (χ4n) is 3.75. The van der Waals surface area contributed by atoms with E-state index < -0.39 is 0 Å². The Morgan fingerprint density at radius 1 is 1.21 bits per heavy atom. The first-order valence-corrected chi connectivity index (χ1v) is 10.6. The lowest BCUT2D eigenvalue weighted by Crippen LogP contribution is -2.35. The molecule has 0 spiro atoms. The van der Waals surface area contributed by atoms with Gasteiger partial charge in [-0.1, -0.05) is 12.1 Å². The summed E-state index contributed by atoms with van der Waals surface area (Å²) in [6, 6.07) is 11.6. The molecule has 3 aromatic rings. The van der Waals surface area contributed by atoms with Gasteiger partial charge in [0.05, 0.1) is 23.4 Å². The molecule has 1 aliphatic heterocycles. The summed E-state index contributed by atoms with van der Waals surface area (Å²) in [6.45, 7) is 1.71. The van der Waals surface area contributed by atoms with Crippen molar-refractivity contribution in [2.24, 2.45) is 0 Å². The van der Waals surface area contributed by atoms with E-state index in [1.54, 1.807) is 37.8 Å². The van der Waals surface area contributed by atoms with E-state index in [1.807, 2.05) is 30.3 Å². The number of thiazole rings is 1. The number of anilines is 1. The Morgan fingerprint density at radius 3 is 2.76 bits per heavy atom. The van der Waals surface area contributed by atoms with Gasteiger partial charge in [0, 0.05) is 43.2 Å². The summed E-state index contributed by atoms with van der Waals surface area (Å²) in [6.07, 6.45) is 3.72. The third-order valence-electron chi connectivity index (χ3n) is 5.31. The fourth-order valence-corrected chi connectivity index (χ4v) is 4.75. The average molecular weight is 409 g/mol. The minimum atomic E-state index is -0.100. The van der Waals surface area contributed by atoms with E-state index >= 15 is 0 Å². The SMILES string of the molecule is CNC(=O)c1cccnc1N1CCC(c2nc(-c3ccccc3OC)cs2)CC1. The molecule has 0 atom stereocenters. The van der Waals surface area contributed by atoms with Gasteiger partial charge in [-0.2, -0.15) is 0 Å². The van der Waals surface area contributed by atoms with Crippen LogP contribution in [-0.2, 0) is 0 Å². The van der Waals surface area contributed by atoms with Crippen LogP contribution in [0.2, 0.25) is 0 Å². The molecule has 0 radical (unpaired) electrons. The van der Waals surface area contributed by atoms with E-state index in [4.69, 9.17) is 9.72 Å². The highest BCUT2D eigenvalue weighted by Gasteiger charge is 2.26. The van der Waals surface area contributed by atoms with Gasteiger partial charge in [0.1, 0.15) is 11.6 Å². The maximum Gasteiger partial charge on any atom is 0.254 e. The number of nitrogens with zero attached hydrogens (tertiary/aromatic N) is 3. The lowest BCUT2D eigenvalue weighted by Gasteiger charge is -2.32. The highest BCUT2D eigenvalue weighted by atomic mass is 32.1. The van der Waals surface area contributed by atoms with Crippen molar-refractivity contribution in [3.63, 3.8) is 0 Å². The average Bonchev–Trinajstić information content (AvgIpc) is 3.29. The first-order chi connectivity index (χ1) is 14.2. The number of benzene rings is 1.